The lowest BCUT2D eigenvalue weighted by atomic mass is 10.2. The van der Waals surface area contributed by atoms with Crippen LogP contribution in [0.1, 0.15) is 12.5 Å². The minimum absolute atomic E-state index is 0.145. The second kappa shape index (κ2) is 6.30. The molecular formula is C11H14ClF3N2O2S. The summed E-state index contributed by atoms with van der Waals surface area (Å²) >= 11 is 5.82. The van der Waals surface area contributed by atoms with E-state index < -0.39 is 22.7 Å². The molecule has 0 aliphatic carbocycles. The van der Waals surface area contributed by atoms with Gasteiger partial charge < -0.3 is 5.73 Å². The fraction of sp³-hybridized carbons (Fsp3) is 0.455. The molecule has 0 heterocycles. The molecule has 0 unspecified atom stereocenters. The smallest absolute Gasteiger partial charge is 0.326 e. The lowest BCUT2D eigenvalue weighted by molar-refractivity contribution is -0.135. The maximum atomic E-state index is 12.4. The molecule has 0 atom stereocenters. The molecule has 0 fully saturated rings. The monoisotopic (exact) mass is 330 g/mol. The molecule has 9 heteroatoms. The predicted octanol–water partition coefficient (Wildman–Crippen LogP) is 2.37. The number of benzene rings is 1. The molecule has 20 heavy (non-hydrogen) atoms. The first-order valence-corrected chi connectivity index (χ1v) is 7.49. The summed E-state index contributed by atoms with van der Waals surface area (Å²) in [4.78, 5) is -0.359. The Bertz CT molecular complexity index is 576. The molecule has 0 aliphatic rings. The zero-order chi connectivity index (χ0) is 15.6. The van der Waals surface area contributed by atoms with Crippen LogP contribution in [0.15, 0.2) is 23.1 Å². The number of alkyl halides is 3. The first-order chi connectivity index (χ1) is 9.11. The van der Waals surface area contributed by atoms with Crippen molar-refractivity contribution in [3.8, 4) is 0 Å². The van der Waals surface area contributed by atoms with E-state index in [1.165, 1.54) is 25.1 Å². The Morgan fingerprint density at radius 3 is 2.35 bits per heavy atom. The third-order valence-electron chi connectivity index (χ3n) is 2.56. The number of hydrogen-bond donors (Lipinski definition) is 1. The molecule has 0 radical (unpaired) electrons. The minimum Gasteiger partial charge on any atom is -0.326 e. The summed E-state index contributed by atoms with van der Waals surface area (Å²) in [6.45, 7) is -0.386. The highest BCUT2D eigenvalue weighted by molar-refractivity contribution is 7.89. The van der Waals surface area contributed by atoms with E-state index in [0.717, 1.165) is 0 Å². The second-order valence-corrected chi connectivity index (χ2v) is 6.33. The van der Waals surface area contributed by atoms with E-state index in [0.29, 0.717) is 9.87 Å². The Morgan fingerprint density at radius 1 is 1.35 bits per heavy atom. The van der Waals surface area contributed by atoms with Crippen LogP contribution in [0.2, 0.25) is 5.02 Å². The van der Waals surface area contributed by atoms with Crippen molar-refractivity contribution in [2.45, 2.75) is 24.5 Å². The van der Waals surface area contributed by atoms with Gasteiger partial charge in [-0.1, -0.05) is 24.6 Å². The van der Waals surface area contributed by atoms with Crippen LogP contribution < -0.4 is 5.73 Å². The molecule has 4 nitrogen and oxygen atoms in total. The van der Waals surface area contributed by atoms with Crippen molar-refractivity contribution in [2.75, 3.05) is 13.1 Å². The van der Waals surface area contributed by atoms with Crippen molar-refractivity contribution >= 4 is 21.6 Å². The van der Waals surface area contributed by atoms with Gasteiger partial charge in [-0.2, -0.15) is 17.5 Å². The largest absolute Gasteiger partial charge is 0.402 e. The fourth-order valence-corrected chi connectivity index (χ4v) is 3.56. The van der Waals surface area contributed by atoms with Crippen molar-refractivity contribution in [3.05, 3.63) is 28.8 Å². The zero-order valence-electron chi connectivity index (χ0n) is 10.6. The van der Waals surface area contributed by atoms with E-state index in [4.69, 9.17) is 17.3 Å². The van der Waals surface area contributed by atoms with Crippen molar-refractivity contribution in [1.29, 1.82) is 0 Å². The number of halogens is 4. The number of sulfonamides is 1. The van der Waals surface area contributed by atoms with E-state index in [1.807, 2.05) is 0 Å². The SMILES string of the molecule is CCN(CC(F)(F)F)S(=O)(=O)c1ccc(CN)cc1Cl. The van der Waals surface area contributed by atoms with Crippen LogP contribution in [0.25, 0.3) is 0 Å². The summed E-state index contributed by atoms with van der Waals surface area (Å²) < 4.78 is 61.9. The van der Waals surface area contributed by atoms with Crippen molar-refractivity contribution in [1.82, 2.24) is 4.31 Å². The maximum absolute atomic E-state index is 12.4. The molecule has 0 spiro atoms. The van der Waals surface area contributed by atoms with E-state index in [1.54, 1.807) is 0 Å². The average molecular weight is 331 g/mol. The molecule has 0 aromatic heterocycles. The topological polar surface area (TPSA) is 63.4 Å². The van der Waals surface area contributed by atoms with Gasteiger partial charge in [-0.3, -0.25) is 0 Å². The molecule has 114 valence electrons. The minimum atomic E-state index is -4.62. The normalized spacial score (nSPS) is 12.9. The van der Waals surface area contributed by atoms with Gasteiger partial charge in [0.25, 0.3) is 0 Å². The predicted molar refractivity (Wildman–Crippen MR) is 69.8 cm³/mol. The van der Waals surface area contributed by atoms with E-state index in [2.05, 4.69) is 0 Å². The number of nitrogens with zero attached hydrogens (tertiary/aromatic N) is 1. The molecule has 1 rings (SSSR count). The van der Waals surface area contributed by atoms with Gasteiger partial charge >= 0.3 is 6.18 Å². The van der Waals surface area contributed by atoms with Crippen LogP contribution >= 0.6 is 11.6 Å². The summed E-state index contributed by atoms with van der Waals surface area (Å²) in [5, 5.41) is -0.145. The van der Waals surface area contributed by atoms with Crippen molar-refractivity contribution in [3.63, 3.8) is 0 Å². The highest BCUT2D eigenvalue weighted by Gasteiger charge is 2.36. The van der Waals surface area contributed by atoms with Gasteiger partial charge in [0.05, 0.1) is 5.02 Å². The molecule has 1 aromatic carbocycles. The Kier molecular flexibility index (Phi) is 5.42. The molecule has 0 amide bonds. The summed E-state index contributed by atoms with van der Waals surface area (Å²) in [5.74, 6) is 0. The lowest BCUT2D eigenvalue weighted by Gasteiger charge is -2.22. The van der Waals surface area contributed by atoms with Crippen LogP contribution in [-0.2, 0) is 16.6 Å². The third kappa shape index (κ3) is 4.08. The molecule has 0 aliphatic heterocycles. The van der Waals surface area contributed by atoms with Crippen LogP contribution in [0.5, 0.6) is 0 Å². The van der Waals surface area contributed by atoms with Gasteiger partial charge in [0.2, 0.25) is 10.0 Å². The Balaban J connectivity index is 3.21. The van der Waals surface area contributed by atoms with Crippen LogP contribution in [0.4, 0.5) is 13.2 Å². The zero-order valence-corrected chi connectivity index (χ0v) is 12.2. The summed E-state index contributed by atoms with van der Waals surface area (Å²) in [6, 6.07) is 3.91. The van der Waals surface area contributed by atoms with Gasteiger partial charge in [-0.25, -0.2) is 8.42 Å². The number of nitrogens with two attached hydrogens (primary N) is 1. The Labute approximate surface area is 120 Å². The fourth-order valence-electron chi connectivity index (χ4n) is 1.59. The van der Waals surface area contributed by atoms with Crippen LogP contribution in [-0.4, -0.2) is 32.0 Å². The first-order valence-electron chi connectivity index (χ1n) is 5.67. The molecule has 0 saturated heterocycles. The molecule has 2 N–H and O–H groups in total. The maximum Gasteiger partial charge on any atom is 0.402 e. The molecule has 0 saturated carbocycles. The highest BCUT2D eigenvalue weighted by Crippen LogP contribution is 2.28. The average Bonchev–Trinajstić information content (AvgIpc) is 2.34. The molecular weight excluding hydrogens is 317 g/mol. The summed E-state index contributed by atoms with van der Waals surface area (Å²) in [6.07, 6.45) is -4.62. The van der Waals surface area contributed by atoms with Crippen molar-refractivity contribution in [2.24, 2.45) is 5.73 Å². The summed E-state index contributed by atoms with van der Waals surface area (Å²) in [7, 11) is -4.30. The lowest BCUT2D eigenvalue weighted by Crippen LogP contribution is -2.38. The Morgan fingerprint density at radius 2 is 1.95 bits per heavy atom. The standard InChI is InChI=1S/C11H14ClF3N2O2S/c1-2-17(7-11(13,14)15)20(18,19)10-4-3-8(6-16)5-9(10)12/h3-5H,2,6-7,16H2,1H3. The first kappa shape index (κ1) is 17.2. The number of hydrogen-bond acceptors (Lipinski definition) is 3. The van der Waals surface area contributed by atoms with E-state index >= 15 is 0 Å². The van der Waals surface area contributed by atoms with E-state index in [9.17, 15) is 21.6 Å². The van der Waals surface area contributed by atoms with Gasteiger partial charge in [0, 0.05) is 13.1 Å². The van der Waals surface area contributed by atoms with Crippen LogP contribution in [0, 0.1) is 0 Å². The van der Waals surface area contributed by atoms with E-state index in [-0.39, 0.29) is 23.0 Å². The van der Waals surface area contributed by atoms with Crippen molar-refractivity contribution < 1.29 is 21.6 Å². The van der Waals surface area contributed by atoms with Crippen LogP contribution in [0.3, 0.4) is 0 Å². The van der Waals surface area contributed by atoms with Gasteiger partial charge in [-0.05, 0) is 17.7 Å². The molecule has 1 aromatic rings. The summed E-state index contributed by atoms with van der Waals surface area (Å²) in [5.41, 5.74) is 5.97. The Hall–Kier alpha value is -0.830. The molecule has 0 bridgehead atoms. The van der Waals surface area contributed by atoms with Gasteiger partial charge in [0.15, 0.2) is 0 Å². The second-order valence-electron chi connectivity index (χ2n) is 4.02. The highest BCUT2D eigenvalue weighted by atomic mass is 35.5. The third-order valence-corrected chi connectivity index (χ3v) is 4.96. The number of rotatable bonds is 5. The quantitative estimate of drug-likeness (QED) is 0.901. The van der Waals surface area contributed by atoms with Gasteiger partial charge in [-0.15, -0.1) is 0 Å². The van der Waals surface area contributed by atoms with Gasteiger partial charge in [0.1, 0.15) is 11.4 Å².